The van der Waals surface area contributed by atoms with Crippen LogP contribution in [0.3, 0.4) is 0 Å². The Balaban J connectivity index is 1.94. The molecule has 0 aliphatic rings. The van der Waals surface area contributed by atoms with Crippen molar-refractivity contribution in [2.24, 2.45) is 0 Å². The number of ether oxygens (including phenoxy) is 1. The van der Waals surface area contributed by atoms with Crippen LogP contribution in [-0.2, 0) is 24.0 Å². The summed E-state index contributed by atoms with van der Waals surface area (Å²) >= 11 is 5.91. The summed E-state index contributed by atoms with van der Waals surface area (Å²) in [6.07, 6.45) is 1.78. The van der Waals surface area contributed by atoms with E-state index in [9.17, 15) is 13.2 Å². The second-order valence-electron chi connectivity index (χ2n) is 6.13. The van der Waals surface area contributed by atoms with Crippen LogP contribution in [0.15, 0.2) is 65.6 Å². The molecule has 0 radical (unpaired) electrons. The van der Waals surface area contributed by atoms with Crippen molar-refractivity contribution < 1.29 is 13.2 Å². The monoisotopic (exact) mass is 418 g/mol. The third-order valence-corrected chi connectivity index (χ3v) is 4.93. The van der Waals surface area contributed by atoms with E-state index in [1.54, 1.807) is 35.0 Å². The van der Waals surface area contributed by atoms with Crippen molar-refractivity contribution in [2.75, 3.05) is 7.11 Å². The number of methoxy groups -OCH3 is 1. The molecule has 146 valence electrons. The molecule has 3 rings (SSSR count). The van der Waals surface area contributed by atoms with Crippen LogP contribution < -0.4 is 15.0 Å². The molecule has 0 spiro atoms. The lowest BCUT2D eigenvalue weighted by Crippen LogP contribution is -2.19. The van der Waals surface area contributed by atoms with E-state index >= 15 is 0 Å². The summed E-state index contributed by atoms with van der Waals surface area (Å²) in [5.41, 5.74) is 3.24. The number of rotatable bonds is 7. The van der Waals surface area contributed by atoms with Gasteiger partial charge in [0.25, 0.3) is 5.56 Å². The molecule has 0 saturated heterocycles. The third-order valence-electron chi connectivity index (χ3n) is 4.26. The molecule has 0 fully saturated rings. The maximum Gasteiger partial charge on any atom is 0.250 e. The molecule has 1 aromatic heterocycles. The van der Waals surface area contributed by atoms with E-state index in [1.165, 1.54) is 13.2 Å². The molecule has 0 bridgehead atoms. The van der Waals surface area contributed by atoms with Crippen LogP contribution in [0.25, 0.3) is 11.1 Å². The van der Waals surface area contributed by atoms with Crippen molar-refractivity contribution in [2.45, 2.75) is 13.1 Å². The molecule has 28 heavy (non-hydrogen) atoms. The highest BCUT2D eigenvalue weighted by Crippen LogP contribution is 2.26. The first-order valence-corrected chi connectivity index (χ1v) is 10.0. The van der Waals surface area contributed by atoms with Crippen molar-refractivity contribution in [3.63, 3.8) is 0 Å². The van der Waals surface area contributed by atoms with Crippen LogP contribution in [-0.4, -0.2) is 20.1 Å². The third kappa shape index (κ3) is 5.01. The van der Waals surface area contributed by atoms with Crippen LogP contribution >= 0.6 is 11.6 Å². The number of aromatic nitrogens is 1. The number of nitrogens with one attached hydrogen (secondary N) is 1. The maximum absolute atomic E-state index is 12.3. The second kappa shape index (κ2) is 9.05. The fourth-order valence-corrected chi connectivity index (χ4v) is 3.28. The van der Waals surface area contributed by atoms with Gasteiger partial charge in [-0.05, 0) is 47.0 Å². The fraction of sp³-hybridized carbons (Fsp3) is 0.150. The predicted octanol–water partition coefficient (Wildman–Crippen LogP) is 2.84. The van der Waals surface area contributed by atoms with Crippen LogP contribution in [0.2, 0.25) is 5.02 Å². The van der Waals surface area contributed by atoms with Crippen molar-refractivity contribution in [3.8, 4) is 16.9 Å². The number of pyridine rings is 1. The van der Waals surface area contributed by atoms with Crippen LogP contribution in [0.1, 0.15) is 11.1 Å². The minimum absolute atomic E-state index is 0.113. The number of halogens is 1. The zero-order valence-corrected chi connectivity index (χ0v) is 16.7. The second-order valence-corrected chi connectivity index (χ2v) is 7.40. The lowest BCUT2D eigenvalue weighted by molar-refractivity contribution is 0.409. The molecular formula is C20H19ClN2O4S. The molecule has 0 aliphatic carbocycles. The molecule has 3 aromatic rings. The number of hydrogen-bond acceptors (Lipinski definition) is 4. The Morgan fingerprint density at radius 2 is 1.75 bits per heavy atom. The van der Waals surface area contributed by atoms with Gasteiger partial charge in [-0.15, -0.1) is 0 Å². The number of hydrogen-bond donors (Lipinski definition) is 2. The van der Waals surface area contributed by atoms with E-state index in [2.05, 4.69) is 4.72 Å². The summed E-state index contributed by atoms with van der Waals surface area (Å²) in [5.74, 6) is 0.586. The summed E-state index contributed by atoms with van der Waals surface area (Å²) in [5, 5.41) is 0.643. The maximum atomic E-state index is 12.3. The van der Waals surface area contributed by atoms with Gasteiger partial charge in [-0.1, -0.05) is 29.8 Å². The Hall–Kier alpha value is -2.61. The fourth-order valence-electron chi connectivity index (χ4n) is 2.86. The minimum Gasteiger partial charge on any atom is -0.496 e. The largest absolute Gasteiger partial charge is 0.496 e. The van der Waals surface area contributed by atoms with E-state index in [-0.39, 0.29) is 12.1 Å². The van der Waals surface area contributed by atoms with Crippen molar-refractivity contribution >= 4 is 22.5 Å². The van der Waals surface area contributed by atoms with E-state index in [1.807, 2.05) is 24.3 Å². The highest BCUT2D eigenvalue weighted by atomic mass is 35.5. The molecule has 2 aromatic carbocycles. The van der Waals surface area contributed by atoms with Gasteiger partial charge < -0.3 is 9.30 Å². The lowest BCUT2D eigenvalue weighted by atomic mass is 10.0. The molecule has 1 heterocycles. The van der Waals surface area contributed by atoms with Crippen LogP contribution in [0.5, 0.6) is 5.75 Å². The Morgan fingerprint density at radius 3 is 2.43 bits per heavy atom. The molecule has 8 heteroatoms. The molecule has 1 N–H and O–H groups in total. The predicted molar refractivity (Wildman–Crippen MR) is 110 cm³/mol. The molecule has 0 atom stereocenters. The zero-order chi connectivity index (χ0) is 20.1. The van der Waals surface area contributed by atoms with Gasteiger partial charge in [-0.25, -0.2) is 13.1 Å². The van der Waals surface area contributed by atoms with E-state index in [0.717, 1.165) is 16.7 Å². The van der Waals surface area contributed by atoms with E-state index in [0.29, 0.717) is 22.9 Å². The van der Waals surface area contributed by atoms with Crippen LogP contribution in [0, 0.1) is 0 Å². The standard InChI is InChI=1S/C20H19ClN2O4S/c1-27-19-8-4-15(10-17(19)11-22-28(25)26)16-5-9-20(24)23(13-16)12-14-2-6-18(21)7-3-14/h2-10,13,28H,11-12H2,1H3,(H,22,25,26). The van der Waals surface area contributed by atoms with Gasteiger partial charge in [0, 0.05) is 29.4 Å². The van der Waals surface area contributed by atoms with Gasteiger partial charge >= 0.3 is 0 Å². The normalized spacial score (nSPS) is 11.0. The molecular weight excluding hydrogens is 400 g/mol. The Bertz CT molecular complexity index is 1100. The van der Waals surface area contributed by atoms with Gasteiger partial charge in [-0.2, -0.15) is 0 Å². The van der Waals surface area contributed by atoms with Gasteiger partial charge in [0.15, 0.2) is 0 Å². The number of thiol groups is 1. The first-order chi connectivity index (χ1) is 13.5. The smallest absolute Gasteiger partial charge is 0.250 e. The van der Waals surface area contributed by atoms with Crippen molar-refractivity contribution in [3.05, 3.63) is 87.3 Å². The first kappa shape index (κ1) is 20.1. The van der Waals surface area contributed by atoms with E-state index in [4.69, 9.17) is 16.3 Å². The first-order valence-electron chi connectivity index (χ1n) is 8.46. The summed E-state index contributed by atoms with van der Waals surface area (Å²) in [7, 11) is -1.18. The Kier molecular flexibility index (Phi) is 6.51. The number of benzene rings is 2. The summed E-state index contributed by atoms with van der Waals surface area (Å²) in [6, 6.07) is 16.1. The Labute approximate surface area is 169 Å². The molecule has 0 saturated carbocycles. The topological polar surface area (TPSA) is 77.4 Å². The molecule has 0 amide bonds. The lowest BCUT2D eigenvalue weighted by Gasteiger charge is -2.12. The average Bonchev–Trinajstić information content (AvgIpc) is 2.69. The van der Waals surface area contributed by atoms with Gasteiger partial charge in [0.2, 0.25) is 10.9 Å². The molecule has 0 unspecified atom stereocenters. The van der Waals surface area contributed by atoms with Gasteiger partial charge in [0.05, 0.1) is 13.7 Å². The minimum atomic E-state index is -2.71. The quantitative estimate of drug-likeness (QED) is 0.578. The molecule has 0 aliphatic heterocycles. The molecule has 6 nitrogen and oxygen atoms in total. The average molecular weight is 419 g/mol. The number of nitrogens with zero attached hydrogens (tertiary/aromatic N) is 1. The summed E-state index contributed by atoms with van der Waals surface area (Å²) < 4.78 is 31.0. The SMILES string of the molecule is COc1ccc(-c2ccc(=O)n(Cc3ccc(Cl)cc3)c2)cc1CN[SH](=O)=O. The summed E-state index contributed by atoms with van der Waals surface area (Å²) in [6.45, 7) is 0.547. The highest BCUT2D eigenvalue weighted by Gasteiger charge is 2.08. The van der Waals surface area contributed by atoms with Gasteiger partial charge in [-0.3, -0.25) is 4.79 Å². The summed E-state index contributed by atoms with van der Waals surface area (Å²) in [4.78, 5) is 12.3. The van der Waals surface area contributed by atoms with Crippen molar-refractivity contribution in [1.29, 1.82) is 0 Å². The van der Waals surface area contributed by atoms with Crippen molar-refractivity contribution in [1.82, 2.24) is 9.29 Å². The van der Waals surface area contributed by atoms with Crippen LogP contribution in [0.4, 0.5) is 0 Å². The van der Waals surface area contributed by atoms with E-state index < -0.39 is 10.9 Å². The van der Waals surface area contributed by atoms with Gasteiger partial charge in [0.1, 0.15) is 5.75 Å². The zero-order valence-electron chi connectivity index (χ0n) is 15.1. The highest BCUT2D eigenvalue weighted by molar-refractivity contribution is 7.70. The Morgan fingerprint density at radius 1 is 1.04 bits per heavy atom.